The van der Waals surface area contributed by atoms with Crippen molar-refractivity contribution in [1.82, 2.24) is 9.88 Å². The molecule has 1 aromatic heterocycles. The lowest BCUT2D eigenvalue weighted by atomic mass is 10.1. The molecule has 9 heteroatoms. The number of amides is 2. The topological polar surface area (TPSA) is 133 Å². The van der Waals surface area contributed by atoms with Gasteiger partial charge in [-0.15, -0.1) is 0 Å². The second-order valence-electron chi connectivity index (χ2n) is 5.72. The highest BCUT2D eigenvalue weighted by Crippen LogP contribution is 2.39. The van der Waals surface area contributed by atoms with E-state index in [4.69, 9.17) is 15.2 Å². The van der Waals surface area contributed by atoms with Crippen molar-refractivity contribution in [3.05, 3.63) is 45.2 Å². The number of hydrogen-bond donors (Lipinski definition) is 3. The third kappa shape index (κ3) is 2.09. The molecule has 3 heterocycles. The summed E-state index contributed by atoms with van der Waals surface area (Å²) in [5.74, 6) is -0.721. The van der Waals surface area contributed by atoms with Gasteiger partial charge in [0.05, 0.1) is 22.9 Å². The van der Waals surface area contributed by atoms with Crippen molar-refractivity contribution in [1.29, 1.82) is 0 Å². The van der Waals surface area contributed by atoms with Gasteiger partial charge in [0.15, 0.2) is 11.5 Å². The van der Waals surface area contributed by atoms with Crippen molar-refractivity contribution in [2.24, 2.45) is 0 Å². The van der Waals surface area contributed by atoms with Gasteiger partial charge >= 0.3 is 0 Å². The lowest BCUT2D eigenvalue weighted by Crippen LogP contribution is -2.25. The zero-order valence-electron chi connectivity index (χ0n) is 13.0. The summed E-state index contributed by atoms with van der Waals surface area (Å²) in [7, 11) is 0. The molecule has 1 aromatic carbocycles. The van der Waals surface area contributed by atoms with Gasteiger partial charge in [-0.3, -0.25) is 24.3 Å². The minimum absolute atomic E-state index is 0.0174. The van der Waals surface area contributed by atoms with Gasteiger partial charge in [0.1, 0.15) is 5.82 Å². The third-order valence-corrected chi connectivity index (χ3v) is 4.17. The van der Waals surface area contributed by atoms with Crippen LogP contribution < -0.4 is 26.1 Å². The first kappa shape index (κ1) is 15.2. The van der Waals surface area contributed by atoms with Crippen LogP contribution in [0.25, 0.3) is 5.69 Å². The molecular formula is C16H13N3O6. The number of hydrogen-bond acceptors (Lipinski definition) is 7. The summed E-state index contributed by atoms with van der Waals surface area (Å²) in [5, 5.41) is 12.2. The standard InChI is InChI=1S/C16H13N3O6/c1-6(20)7-2-10-11(25-5-24-10)4-9(7)19-12(21)3-8-13(14(19)17)16(23)18-15(8)22/h2-4,6,20H,5,17H2,1H3,(H,18,22,23). The van der Waals surface area contributed by atoms with E-state index in [-0.39, 0.29) is 29.4 Å². The average molecular weight is 343 g/mol. The monoisotopic (exact) mass is 343 g/mol. The van der Waals surface area contributed by atoms with E-state index in [1.54, 1.807) is 6.07 Å². The fourth-order valence-electron chi connectivity index (χ4n) is 3.00. The Morgan fingerprint density at radius 1 is 1.16 bits per heavy atom. The molecule has 0 fully saturated rings. The van der Waals surface area contributed by atoms with E-state index in [9.17, 15) is 19.5 Å². The molecule has 4 rings (SSSR count). The predicted molar refractivity (Wildman–Crippen MR) is 85.0 cm³/mol. The third-order valence-electron chi connectivity index (χ3n) is 4.17. The summed E-state index contributed by atoms with van der Waals surface area (Å²) in [5.41, 5.74) is 5.89. The van der Waals surface area contributed by atoms with Crippen LogP contribution in [0.2, 0.25) is 0 Å². The predicted octanol–water partition coefficient (Wildman–Crippen LogP) is 0.0853. The molecule has 0 bridgehead atoms. The van der Waals surface area contributed by atoms with Crippen LogP contribution in [0, 0.1) is 0 Å². The largest absolute Gasteiger partial charge is 0.454 e. The second kappa shape index (κ2) is 5.08. The Bertz CT molecular complexity index is 1010. The van der Waals surface area contributed by atoms with Crippen LogP contribution in [0.4, 0.5) is 5.82 Å². The van der Waals surface area contributed by atoms with Crippen LogP contribution in [-0.2, 0) is 0 Å². The number of carbonyl (C=O) groups is 2. The summed E-state index contributed by atoms with van der Waals surface area (Å²) in [6, 6.07) is 4.10. The second-order valence-corrected chi connectivity index (χ2v) is 5.72. The molecule has 0 saturated heterocycles. The van der Waals surface area contributed by atoms with Crippen LogP contribution in [0.3, 0.4) is 0 Å². The number of nitrogen functional groups attached to an aromatic ring is 1. The molecule has 0 saturated carbocycles. The Kier molecular flexibility index (Phi) is 3.09. The number of nitrogens with zero attached hydrogens (tertiary/aromatic N) is 1. The lowest BCUT2D eigenvalue weighted by molar-refractivity contribution is 0.0880. The normalized spacial score (nSPS) is 15.9. The number of anilines is 1. The van der Waals surface area contributed by atoms with Crippen LogP contribution in [0.5, 0.6) is 11.5 Å². The number of aliphatic hydroxyl groups is 1. The number of aromatic nitrogens is 1. The number of fused-ring (bicyclic) bond motifs is 2. The number of carbonyl (C=O) groups excluding carboxylic acids is 2. The number of aliphatic hydroxyl groups excluding tert-OH is 1. The molecule has 0 aliphatic carbocycles. The van der Waals surface area contributed by atoms with Gasteiger partial charge in [0, 0.05) is 17.7 Å². The molecule has 4 N–H and O–H groups in total. The number of rotatable bonds is 2. The highest BCUT2D eigenvalue weighted by molar-refractivity contribution is 6.23. The molecule has 0 radical (unpaired) electrons. The van der Waals surface area contributed by atoms with Gasteiger partial charge in [0.2, 0.25) is 6.79 Å². The van der Waals surface area contributed by atoms with Gasteiger partial charge in [-0.25, -0.2) is 0 Å². The van der Waals surface area contributed by atoms with E-state index in [0.29, 0.717) is 17.1 Å². The summed E-state index contributed by atoms with van der Waals surface area (Å²) < 4.78 is 11.7. The Balaban J connectivity index is 2.04. The van der Waals surface area contributed by atoms with Gasteiger partial charge in [0.25, 0.3) is 17.4 Å². The SMILES string of the molecule is CC(O)c1cc2c(cc1-n1c(N)c3c(cc1=O)C(=O)NC3=O)OCO2. The van der Waals surface area contributed by atoms with E-state index >= 15 is 0 Å². The van der Waals surface area contributed by atoms with Crippen LogP contribution in [-0.4, -0.2) is 28.3 Å². The highest BCUT2D eigenvalue weighted by atomic mass is 16.7. The molecule has 25 heavy (non-hydrogen) atoms. The number of pyridine rings is 1. The van der Waals surface area contributed by atoms with E-state index in [0.717, 1.165) is 10.6 Å². The Hall–Kier alpha value is -3.33. The Morgan fingerprint density at radius 2 is 1.84 bits per heavy atom. The highest BCUT2D eigenvalue weighted by Gasteiger charge is 2.33. The summed E-state index contributed by atoms with van der Waals surface area (Å²) in [4.78, 5) is 36.3. The van der Waals surface area contributed by atoms with E-state index in [2.05, 4.69) is 5.32 Å². The van der Waals surface area contributed by atoms with E-state index in [1.165, 1.54) is 13.0 Å². The summed E-state index contributed by atoms with van der Waals surface area (Å²) >= 11 is 0. The zero-order valence-corrected chi connectivity index (χ0v) is 13.0. The van der Waals surface area contributed by atoms with Gasteiger partial charge in [-0.2, -0.15) is 0 Å². The van der Waals surface area contributed by atoms with Crippen molar-refractivity contribution in [2.75, 3.05) is 12.5 Å². The molecule has 1 atom stereocenters. The molecule has 2 aliphatic heterocycles. The van der Waals surface area contributed by atoms with E-state index in [1.807, 2.05) is 0 Å². The van der Waals surface area contributed by atoms with Gasteiger partial charge < -0.3 is 20.3 Å². The molecule has 2 aliphatic rings. The molecule has 1 unspecified atom stereocenters. The maximum atomic E-state index is 12.6. The minimum Gasteiger partial charge on any atom is -0.454 e. The molecule has 2 amide bonds. The number of benzene rings is 1. The molecular weight excluding hydrogens is 330 g/mol. The van der Waals surface area contributed by atoms with Crippen LogP contribution in [0.15, 0.2) is 23.0 Å². The van der Waals surface area contributed by atoms with Crippen molar-refractivity contribution in [3.8, 4) is 17.2 Å². The van der Waals surface area contributed by atoms with Crippen molar-refractivity contribution >= 4 is 17.6 Å². The molecule has 2 aromatic rings. The zero-order chi connectivity index (χ0) is 17.9. The fraction of sp³-hybridized carbons (Fsp3) is 0.188. The fourth-order valence-corrected chi connectivity index (χ4v) is 3.00. The van der Waals surface area contributed by atoms with E-state index < -0.39 is 23.5 Å². The molecule has 0 spiro atoms. The van der Waals surface area contributed by atoms with Crippen molar-refractivity contribution in [3.63, 3.8) is 0 Å². The minimum atomic E-state index is -0.945. The average Bonchev–Trinajstić information content (AvgIpc) is 3.10. The number of nitrogens with two attached hydrogens (primary N) is 1. The first-order valence-electron chi connectivity index (χ1n) is 7.41. The quantitative estimate of drug-likeness (QED) is 0.658. The van der Waals surface area contributed by atoms with Gasteiger partial charge in [-0.1, -0.05) is 0 Å². The van der Waals surface area contributed by atoms with Crippen LogP contribution >= 0.6 is 0 Å². The first-order chi connectivity index (χ1) is 11.9. The van der Waals surface area contributed by atoms with Crippen LogP contribution in [0.1, 0.15) is 39.3 Å². The maximum absolute atomic E-state index is 12.6. The summed E-state index contributed by atoms with van der Waals surface area (Å²) in [6.45, 7) is 1.54. The van der Waals surface area contributed by atoms with Gasteiger partial charge in [-0.05, 0) is 13.0 Å². The summed E-state index contributed by atoms with van der Waals surface area (Å²) in [6.07, 6.45) is -0.945. The Labute approximate surface area is 140 Å². The maximum Gasteiger partial charge on any atom is 0.262 e. The molecule has 128 valence electrons. The number of ether oxygens (including phenoxy) is 2. The Morgan fingerprint density at radius 3 is 2.52 bits per heavy atom. The number of imide groups is 1. The smallest absolute Gasteiger partial charge is 0.262 e. The molecule has 9 nitrogen and oxygen atoms in total. The first-order valence-corrected chi connectivity index (χ1v) is 7.41. The number of nitrogens with one attached hydrogen (secondary N) is 1. The van der Waals surface area contributed by atoms with Crippen molar-refractivity contribution < 1.29 is 24.2 Å². The van der Waals surface area contributed by atoms with Crippen molar-refractivity contribution in [2.45, 2.75) is 13.0 Å². The lowest BCUT2D eigenvalue weighted by Gasteiger charge is -2.18.